The third-order valence-corrected chi connectivity index (χ3v) is 6.05. The number of guanidine groups is 1. The average molecular weight is 409 g/mol. The Balaban J connectivity index is 1.32. The summed E-state index contributed by atoms with van der Waals surface area (Å²) in [5.74, 6) is 0.901. The first-order valence-corrected chi connectivity index (χ1v) is 11.1. The number of rotatable bonds is 6. The van der Waals surface area contributed by atoms with Gasteiger partial charge in [-0.25, -0.2) is 9.67 Å². The van der Waals surface area contributed by atoms with Crippen LogP contribution in [-0.2, 0) is 6.54 Å². The standard InChI is InChI=1S/C22H28N6S/c1-2-23-22(26-19-10-14-27(15-11-19)21-5-3-16-29-21)24-17-18-6-8-20(9-7-18)28-13-4-12-25-28/h3-9,12-13,16,19H,2,10-11,14-15,17H2,1H3,(H2,23,24,26). The number of anilines is 1. The quantitative estimate of drug-likeness (QED) is 0.483. The Morgan fingerprint density at radius 3 is 2.66 bits per heavy atom. The van der Waals surface area contributed by atoms with Crippen LogP contribution >= 0.6 is 11.3 Å². The van der Waals surface area contributed by atoms with Gasteiger partial charge >= 0.3 is 0 Å². The van der Waals surface area contributed by atoms with Crippen molar-refractivity contribution in [2.45, 2.75) is 32.4 Å². The molecule has 1 aliphatic heterocycles. The maximum absolute atomic E-state index is 4.80. The van der Waals surface area contributed by atoms with Crippen LogP contribution < -0.4 is 15.5 Å². The second-order valence-corrected chi connectivity index (χ2v) is 8.10. The van der Waals surface area contributed by atoms with E-state index in [9.17, 15) is 0 Å². The summed E-state index contributed by atoms with van der Waals surface area (Å²) in [5.41, 5.74) is 2.25. The van der Waals surface area contributed by atoms with Gasteiger partial charge in [0.15, 0.2) is 5.96 Å². The predicted molar refractivity (Wildman–Crippen MR) is 121 cm³/mol. The maximum Gasteiger partial charge on any atom is 0.191 e. The number of aromatic nitrogens is 2. The van der Waals surface area contributed by atoms with Crippen LogP contribution in [0.2, 0.25) is 0 Å². The number of aliphatic imine (C=N–C) groups is 1. The number of nitrogens with one attached hydrogen (secondary N) is 2. The number of nitrogens with zero attached hydrogens (tertiary/aromatic N) is 4. The summed E-state index contributed by atoms with van der Waals surface area (Å²) in [6, 6.07) is 15.1. The maximum atomic E-state index is 4.80. The highest BCUT2D eigenvalue weighted by atomic mass is 32.1. The molecule has 1 saturated heterocycles. The second kappa shape index (κ2) is 9.60. The van der Waals surface area contributed by atoms with Crippen LogP contribution in [0.4, 0.5) is 5.00 Å². The Hall–Kier alpha value is -2.80. The van der Waals surface area contributed by atoms with E-state index < -0.39 is 0 Å². The van der Waals surface area contributed by atoms with Crippen molar-refractivity contribution in [1.82, 2.24) is 20.4 Å². The molecule has 2 N–H and O–H groups in total. The van der Waals surface area contributed by atoms with Crippen molar-refractivity contribution in [1.29, 1.82) is 0 Å². The fraction of sp³-hybridized carbons (Fsp3) is 0.364. The Bertz CT molecular complexity index is 878. The molecule has 0 radical (unpaired) electrons. The van der Waals surface area contributed by atoms with E-state index in [1.807, 2.05) is 28.3 Å². The van der Waals surface area contributed by atoms with Crippen LogP contribution in [0.15, 0.2) is 65.2 Å². The molecule has 3 heterocycles. The van der Waals surface area contributed by atoms with E-state index in [-0.39, 0.29) is 0 Å². The van der Waals surface area contributed by atoms with Crippen molar-refractivity contribution in [3.8, 4) is 5.69 Å². The first kappa shape index (κ1) is 19.5. The van der Waals surface area contributed by atoms with Gasteiger partial charge in [0.05, 0.1) is 17.2 Å². The second-order valence-electron chi connectivity index (χ2n) is 7.17. The molecule has 152 valence electrons. The van der Waals surface area contributed by atoms with Crippen LogP contribution in [-0.4, -0.2) is 41.4 Å². The van der Waals surface area contributed by atoms with Gasteiger partial charge in [0.1, 0.15) is 0 Å². The molecule has 29 heavy (non-hydrogen) atoms. The Labute approximate surface area is 176 Å². The molecule has 0 spiro atoms. The first-order valence-electron chi connectivity index (χ1n) is 10.2. The molecule has 2 aromatic heterocycles. The van der Waals surface area contributed by atoms with E-state index in [0.29, 0.717) is 12.6 Å². The third kappa shape index (κ3) is 5.17. The highest BCUT2D eigenvalue weighted by molar-refractivity contribution is 7.14. The summed E-state index contributed by atoms with van der Waals surface area (Å²) in [7, 11) is 0. The van der Waals surface area contributed by atoms with Crippen LogP contribution in [0, 0.1) is 0 Å². The molecule has 7 heteroatoms. The van der Waals surface area contributed by atoms with Crippen LogP contribution in [0.5, 0.6) is 0 Å². The predicted octanol–water partition coefficient (Wildman–Crippen LogP) is 3.66. The fourth-order valence-electron chi connectivity index (χ4n) is 3.55. The van der Waals surface area contributed by atoms with Gasteiger partial charge in [-0.15, -0.1) is 11.3 Å². The van der Waals surface area contributed by atoms with Gasteiger partial charge in [-0.3, -0.25) is 0 Å². The van der Waals surface area contributed by atoms with Gasteiger partial charge in [0.25, 0.3) is 0 Å². The summed E-state index contributed by atoms with van der Waals surface area (Å²) in [6.45, 7) is 5.80. The minimum atomic E-state index is 0.464. The van der Waals surface area contributed by atoms with Gasteiger partial charge in [-0.05, 0) is 61.0 Å². The van der Waals surface area contributed by atoms with Crippen LogP contribution in [0.3, 0.4) is 0 Å². The van der Waals surface area contributed by atoms with E-state index in [2.05, 4.69) is 69.3 Å². The largest absolute Gasteiger partial charge is 0.363 e. The molecule has 0 bridgehead atoms. The molecular weight excluding hydrogens is 380 g/mol. The first-order chi connectivity index (χ1) is 14.3. The van der Waals surface area contributed by atoms with Gasteiger partial charge in [0, 0.05) is 38.1 Å². The lowest BCUT2D eigenvalue weighted by Crippen LogP contribution is -2.48. The summed E-state index contributed by atoms with van der Waals surface area (Å²) in [6.07, 6.45) is 5.99. The molecule has 0 aliphatic carbocycles. The zero-order chi connectivity index (χ0) is 19.9. The van der Waals surface area contributed by atoms with Crippen molar-refractivity contribution < 1.29 is 0 Å². The fourth-order valence-corrected chi connectivity index (χ4v) is 4.34. The molecule has 1 aromatic carbocycles. The topological polar surface area (TPSA) is 57.5 Å². The number of hydrogen-bond acceptors (Lipinski definition) is 4. The minimum Gasteiger partial charge on any atom is -0.363 e. The lowest BCUT2D eigenvalue weighted by molar-refractivity contribution is 0.463. The summed E-state index contributed by atoms with van der Waals surface area (Å²) < 4.78 is 1.86. The lowest BCUT2D eigenvalue weighted by atomic mass is 10.1. The van der Waals surface area contributed by atoms with Crippen LogP contribution in [0.25, 0.3) is 5.69 Å². The minimum absolute atomic E-state index is 0.464. The van der Waals surface area contributed by atoms with E-state index in [0.717, 1.165) is 44.1 Å². The van der Waals surface area contributed by atoms with E-state index in [4.69, 9.17) is 4.99 Å². The monoisotopic (exact) mass is 408 g/mol. The number of thiophene rings is 1. The average Bonchev–Trinajstić information content (AvgIpc) is 3.47. The van der Waals surface area contributed by atoms with Crippen LogP contribution in [0.1, 0.15) is 25.3 Å². The molecule has 0 amide bonds. The van der Waals surface area contributed by atoms with E-state index in [1.165, 1.54) is 10.6 Å². The molecule has 4 rings (SSSR count). The molecule has 6 nitrogen and oxygen atoms in total. The Morgan fingerprint density at radius 2 is 2.00 bits per heavy atom. The summed E-state index contributed by atoms with van der Waals surface area (Å²) in [4.78, 5) is 7.28. The van der Waals surface area contributed by atoms with Crippen molar-refractivity contribution in [3.05, 3.63) is 65.8 Å². The van der Waals surface area contributed by atoms with E-state index >= 15 is 0 Å². The van der Waals surface area contributed by atoms with Crippen molar-refractivity contribution in [2.75, 3.05) is 24.5 Å². The molecule has 0 atom stereocenters. The summed E-state index contributed by atoms with van der Waals surface area (Å²) in [5, 5.41) is 14.8. The molecule has 0 unspecified atom stereocenters. The van der Waals surface area contributed by atoms with Crippen molar-refractivity contribution in [3.63, 3.8) is 0 Å². The Kier molecular flexibility index (Phi) is 6.46. The zero-order valence-corrected chi connectivity index (χ0v) is 17.6. The highest BCUT2D eigenvalue weighted by Crippen LogP contribution is 2.24. The molecule has 3 aromatic rings. The third-order valence-electron chi connectivity index (χ3n) is 5.12. The smallest absolute Gasteiger partial charge is 0.191 e. The number of benzene rings is 1. The van der Waals surface area contributed by atoms with Gasteiger partial charge in [-0.1, -0.05) is 12.1 Å². The van der Waals surface area contributed by atoms with Crippen molar-refractivity contribution >= 4 is 22.3 Å². The Morgan fingerprint density at radius 1 is 1.17 bits per heavy atom. The zero-order valence-electron chi connectivity index (χ0n) is 16.8. The SMILES string of the molecule is CCNC(=NCc1ccc(-n2cccn2)cc1)NC1CCN(c2cccs2)CC1. The van der Waals surface area contributed by atoms with E-state index in [1.54, 1.807) is 6.20 Å². The van der Waals surface area contributed by atoms with Crippen molar-refractivity contribution in [2.24, 2.45) is 4.99 Å². The lowest BCUT2D eigenvalue weighted by Gasteiger charge is -2.33. The number of hydrogen-bond donors (Lipinski definition) is 2. The number of piperidine rings is 1. The molecule has 1 fully saturated rings. The normalized spacial score (nSPS) is 15.5. The molecular formula is C22H28N6S. The molecule has 0 saturated carbocycles. The van der Waals surface area contributed by atoms with Gasteiger partial charge < -0.3 is 15.5 Å². The molecule has 1 aliphatic rings. The van der Waals surface area contributed by atoms with Gasteiger partial charge in [-0.2, -0.15) is 5.10 Å². The van der Waals surface area contributed by atoms with Gasteiger partial charge in [0.2, 0.25) is 0 Å². The highest BCUT2D eigenvalue weighted by Gasteiger charge is 2.20. The summed E-state index contributed by atoms with van der Waals surface area (Å²) >= 11 is 1.82.